The molecule has 1 aromatic heterocycles. The second kappa shape index (κ2) is 3.59. The highest BCUT2D eigenvalue weighted by molar-refractivity contribution is 6.31. The van der Waals surface area contributed by atoms with Crippen LogP contribution in [0.5, 0.6) is 0 Å². The van der Waals surface area contributed by atoms with Crippen LogP contribution in [0.15, 0.2) is 18.3 Å². The summed E-state index contributed by atoms with van der Waals surface area (Å²) in [6.07, 6.45) is 2.58. The molecule has 74 valence electrons. The van der Waals surface area contributed by atoms with Gasteiger partial charge in [0.05, 0.1) is 5.02 Å². The van der Waals surface area contributed by atoms with Crippen molar-refractivity contribution in [2.24, 2.45) is 5.73 Å². The molecule has 0 bridgehead atoms. The van der Waals surface area contributed by atoms with Crippen LogP contribution in [-0.4, -0.2) is 11.5 Å². The average Bonchev–Trinajstić information content (AvgIpc) is 2.51. The summed E-state index contributed by atoms with van der Waals surface area (Å²) in [5, 5.41) is 0.996. The molecule has 0 spiro atoms. The van der Waals surface area contributed by atoms with E-state index >= 15 is 0 Å². The predicted molar refractivity (Wildman–Crippen MR) is 56.0 cm³/mol. The highest BCUT2D eigenvalue weighted by Gasteiger charge is 2.07. The van der Waals surface area contributed by atoms with Crippen molar-refractivity contribution >= 4 is 22.5 Å². The quantitative estimate of drug-likeness (QED) is 0.789. The van der Waals surface area contributed by atoms with Crippen LogP contribution in [0.25, 0.3) is 10.9 Å². The van der Waals surface area contributed by atoms with Crippen LogP contribution in [0, 0.1) is 5.82 Å². The fourth-order valence-corrected chi connectivity index (χ4v) is 1.70. The minimum Gasteiger partial charge on any atom is -0.361 e. The fourth-order valence-electron chi connectivity index (χ4n) is 1.54. The zero-order valence-corrected chi connectivity index (χ0v) is 8.24. The molecule has 0 saturated heterocycles. The van der Waals surface area contributed by atoms with E-state index in [2.05, 4.69) is 4.98 Å². The molecule has 3 N–H and O–H groups in total. The van der Waals surface area contributed by atoms with Gasteiger partial charge in [-0.1, -0.05) is 11.6 Å². The molecule has 4 heteroatoms. The van der Waals surface area contributed by atoms with Crippen molar-refractivity contribution in [1.29, 1.82) is 0 Å². The normalized spacial score (nSPS) is 11.1. The molecule has 0 saturated carbocycles. The maximum absolute atomic E-state index is 13.2. The summed E-state index contributed by atoms with van der Waals surface area (Å²) >= 11 is 5.65. The van der Waals surface area contributed by atoms with Crippen molar-refractivity contribution in [3.05, 3.63) is 34.7 Å². The monoisotopic (exact) mass is 212 g/mol. The minimum atomic E-state index is -0.392. The van der Waals surface area contributed by atoms with Gasteiger partial charge >= 0.3 is 0 Å². The van der Waals surface area contributed by atoms with Gasteiger partial charge in [0.25, 0.3) is 0 Å². The first kappa shape index (κ1) is 9.49. The topological polar surface area (TPSA) is 41.8 Å². The third kappa shape index (κ3) is 1.49. The Labute approximate surface area is 85.9 Å². The van der Waals surface area contributed by atoms with Crippen molar-refractivity contribution in [3.8, 4) is 0 Å². The van der Waals surface area contributed by atoms with Gasteiger partial charge in [0.1, 0.15) is 5.82 Å². The standard InChI is InChI=1S/C10H10ClFN2/c11-8-4-10-7(3-9(8)12)6(1-2-13)5-14-10/h3-5,14H,1-2,13H2. The summed E-state index contributed by atoms with van der Waals surface area (Å²) in [5.74, 6) is -0.392. The Morgan fingerprint density at radius 1 is 1.43 bits per heavy atom. The zero-order valence-electron chi connectivity index (χ0n) is 7.48. The smallest absolute Gasteiger partial charge is 0.142 e. The lowest BCUT2D eigenvalue weighted by molar-refractivity contribution is 0.630. The van der Waals surface area contributed by atoms with Gasteiger partial charge in [0.15, 0.2) is 0 Å². The summed E-state index contributed by atoms with van der Waals surface area (Å²) in [4.78, 5) is 3.03. The van der Waals surface area contributed by atoms with Gasteiger partial charge in [-0.3, -0.25) is 0 Å². The SMILES string of the molecule is NCCc1c[nH]c2cc(Cl)c(F)cc12. The van der Waals surface area contributed by atoms with Crippen LogP contribution in [0.4, 0.5) is 4.39 Å². The fraction of sp³-hybridized carbons (Fsp3) is 0.200. The average molecular weight is 213 g/mol. The number of hydrogen-bond donors (Lipinski definition) is 2. The number of benzene rings is 1. The molecular formula is C10H10ClFN2. The van der Waals surface area contributed by atoms with Crippen LogP contribution in [0.2, 0.25) is 5.02 Å². The molecule has 2 rings (SSSR count). The van der Waals surface area contributed by atoms with E-state index in [1.165, 1.54) is 6.07 Å². The van der Waals surface area contributed by atoms with Crippen molar-refractivity contribution in [2.45, 2.75) is 6.42 Å². The molecule has 0 aliphatic carbocycles. The van der Waals surface area contributed by atoms with E-state index in [9.17, 15) is 4.39 Å². The molecule has 0 aliphatic heterocycles. The van der Waals surface area contributed by atoms with Crippen molar-refractivity contribution in [1.82, 2.24) is 4.98 Å². The molecule has 2 aromatic rings. The molecule has 0 amide bonds. The lowest BCUT2D eigenvalue weighted by atomic mass is 10.1. The van der Waals surface area contributed by atoms with E-state index < -0.39 is 5.82 Å². The summed E-state index contributed by atoms with van der Waals surface area (Å²) in [6.45, 7) is 0.553. The van der Waals surface area contributed by atoms with E-state index in [0.717, 1.165) is 22.9 Å². The number of nitrogens with two attached hydrogens (primary N) is 1. The van der Waals surface area contributed by atoms with Gasteiger partial charge in [-0.05, 0) is 30.7 Å². The molecule has 0 aliphatic rings. The number of halogens is 2. The second-order valence-electron chi connectivity index (χ2n) is 3.16. The molecule has 0 atom stereocenters. The Bertz CT molecular complexity index is 464. The van der Waals surface area contributed by atoms with Crippen molar-refractivity contribution in [2.75, 3.05) is 6.54 Å². The van der Waals surface area contributed by atoms with Crippen LogP contribution in [-0.2, 0) is 6.42 Å². The Morgan fingerprint density at radius 3 is 2.93 bits per heavy atom. The number of hydrogen-bond acceptors (Lipinski definition) is 1. The molecule has 0 unspecified atom stereocenters. The Balaban J connectivity index is 2.61. The van der Waals surface area contributed by atoms with Gasteiger partial charge in [-0.15, -0.1) is 0 Å². The van der Waals surface area contributed by atoms with Crippen LogP contribution < -0.4 is 5.73 Å². The molecule has 2 nitrogen and oxygen atoms in total. The van der Waals surface area contributed by atoms with Crippen LogP contribution in [0.1, 0.15) is 5.56 Å². The highest BCUT2D eigenvalue weighted by Crippen LogP contribution is 2.25. The largest absolute Gasteiger partial charge is 0.361 e. The van der Waals surface area contributed by atoms with Gasteiger partial charge in [-0.2, -0.15) is 0 Å². The number of aromatic nitrogens is 1. The third-order valence-corrected chi connectivity index (χ3v) is 2.51. The second-order valence-corrected chi connectivity index (χ2v) is 3.57. The minimum absolute atomic E-state index is 0.138. The Hall–Kier alpha value is -1.06. The zero-order chi connectivity index (χ0) is 10.1. The van der Waals surface area contributed by atoms with Gasteiger partial charge in [-0.25, -0.2) is 4.39 Å². The van der Waals surface area contributed by atoms with Gasteiger partial charge in [0, 0.05) is 17.1 Å². The van der Waals surface area contributed by atoms with Crippen molar-refractivity contribution in [3.63, 3.8) is 0 Å². The number of aromatic amines is 1. The summed E-state index contributed by atoms with van der Waals surface area (Å²) < 4.78 is 13.2. The van der Waals surface area contributed by atoms with Crippen LogP contribution >= 0.6 is 11.6 Å². The van der Waals surface area contributed by atoms with Crippen molar-refractivity contribution < 1.29 is 4.39 Å². The number of H-pyrrole nitrogens is 1. The van der Waals surface area contributed by atoms with Gasteiger partial charge in [0.2, 0.25) is 0 Å². The first-order chi connectivity index (χ1) is 6.72. The first-order valence-electron chi connectivity index (χ1n) is 4.37. The third-order valence-electron chi connectivity index (χ3n) is 2.22. The molecule has 1 heterocycles. The maximum atomic E-state index is 13.2. The molecule has 1 aromatic carbocycles. The van der Waals surface area contributed by atoms with E-state index in [-0.39, 0.29) is 5.02 Å². The number of nitrogens with one attached hydrogen (secondary N) is 1. The summed E-state index contributed by atoms with van der Waals surface area (Å²) in [5.41, 5.74) is 7.32. The van der Waals surface area contributed by atoms with Crippen LogP contribution in [0.3, 0.4) is 0 Å². The summed E-state index contributed by atoms with van der Waals surface area (Å²) in [7, 11) is 0. The maximum Gasteiger partial charge on any atom is 0.142 e. The van der Waals surface area contributed by atoms with Gasteiger partial charge < -0.3 is 10.7 Å². The van der Waals surface area contributed by atoms with E-state index in [4.69, 9.17) is 17.3 Å². The van der Waals surface area contributed by atoms with E-state index in [1.54, 1.807) is 6.07 Å². The predicted octanol–water partition coefficient (Wildman–Crippen LogP) is 2.46. The lowest BCUT2D eigenvalue weighted by Gasteiger charge is -1.97. The lowest BCUT2D eigenvalue weighted by Crippen LogP contribution is -2.01. The molecular weight excluding hydrogens is 203 g/mol. The Morgan fingerprint density at radius 2 is 2.21 bits per heavy atom. The summed E-state index contributed by atoms with van der Waals surface area (Å²) in [6, 6.07) is 3.03. The highest BCUT2D eigenvalue weighted by atomic mass is 35.5. The molecule has 0 fully saturated rings. The number of rotatable bonds is 2. The van der Waals surface area contributed by atoms with E-state index in [1.807, 2.05) is 6.20 Å². The Kier molecular flexibility index (Phi) is 2.44. The molecule has 14 heavy (non-hydrogen) atoms. The molecule has 0 radical (unpaired) electrons. The number of fused-ring (bicyclic) bond motifs is 1. The first-order valence-corrected chi connectivity index (χ1v) is 4.75. The van der Waals surface area contributed by atoms with E-state index in [0.29, 0.717) is 6.54 Å².